The summed E-state index contributed by atoms with van der Waals surface area (Å²) in [5.41, 5.74) is 1.50. The highest BCUT2D eigenvalue weighted by Gasteiger charge is 2.16. The molecule has 0 saturated heterocycles. The number of nitrogens with zero attached hydrogens (tertiary/aromatic N) is 6. The zero-order valence-electron chi connectivity index (χ0n) is 15.4. The maximum atomic E-state index is 12.4. The second kappa shape index (κ2) is 6.28. The zero-order valence-corrected chi connectivity index (χ0v) is 15.4. The van der Waals surface area contributed by atoms with E-state index in [0.717, 1.165) is 15.8 Å². The quantitative estimate of drug-likeness (QED) is 0.695. The molecule has 3 aromatic rings. The summed E-state index contributed by atoms with van der Waals surface area (Å²) in [6.45, 7) is 4.04. The van der Waals surface area contributed by atoms with Crippen LogP contribution in [-0.2, 0) is 32.5 Å². The molecule has 3 rings (SSSR count). The first-order chi connectivity index (χ1) is 12.2. The van der Waals surface area contributed by atoms with E-state index >= 15 is 0 Å². The number of anilines is 1. The molecule has 0 saturated carbocycles. The molecule has 138 valence electrons. The molecule has 0 aliphatic heterocycles. The monoisotopic (exact) mass is 359 g/mol. The van der Waals surface area contributed by atoms with Crippen LogP contribution in [0.4, 0.5) is 5.82 Å². The number of imidazole rings is 1. The number of hydrogen-bond acceptors (Lipinski definition) is 5. The predicted octanol–water partition coefficient (Wildman–Crippen LogP) is -0.187. The number of carbonyl (C=O) groups is 1. The fourth-order valence-electron chi connectivity index (χ4n) is 2.92. The van der Waals surface area contributed by atoms with Crippen LogP contribution in [0.5, 0.6) is 0 Å². The van der Waals surface area contributed by atoms with Crippen LogP contribution in [0, 0.1) is 13.8 Å². The van der Waals surface area contributed by atoms with E-state index in [4.69, 9.17) is 0 Å². The highest BCUT2D eigenvalue weighted by atomic mass is 16.2. The van der Waals surface area contributed by atoms with Crippen LogP contribution in [0.3, 0.4) is 0 Å². The van der Waals surface area contributed by atoms with Gasteiger partial charge in [0.2, 0.25) is 5.91 Å². The third kappa shape index (κ3) is 2.72. The Labute approximate surface area is 148 Å². The standard InChI is InChI=1S/C16H21N7O3/c1-9-10(2)19-22(5)13(9)18-11(24)6-7-23-8-17-14-12(23)15(25)21(4)16(26)20(14)3/h8H,6-7H2,1-5H3,(H,18,24). The summed E-state index contributed by atoms with van der Waals surface area (Å²) < 4.78 is 5.57. The lowest BCUT2D eigenvalue weighted by Gasteiger charge is -2.08. The number of nitrogens with one attached hydrogen (secondary N) is 1. The maximum Gasteiger partial charge on any atom is 0.332 e. The van der Waals surface area contributed by atoms with Gasteiger partial charge in [0.15, 0.2) is 11.2 Å². The molecule has 0 unspecified atom stereocenters. The fourth-order valence-corrected chi connectivity index (χ4v) is 2.92. The maximum absolute atomic E-state index is 12.4. The van der Waals surface area contributed by atoms with Crippen LogP contribution in [-0.4, -0.2) is 34.4 Å². The van der Waals surface area contributed by atoms with E-state index in [1.165, 1.54) is 17.9 Å². The third-order valence-electron chi connectivity index (χ3n) is 4.58. The van der Waals surface area contributed by atoms with Crippen molar-refractivity contribution in [2.24, 2.45) is 21.1 Å². The lowest BCUT2D eigenvalue weighted by molar-refractivity contribution is -0.116. The molecule has 0 fully saturated rings. The minimum atomic E-state index is -0.437. The van der Waals surface area contributed by atoms with Crippen molar-refractivity contribution in [3.8, 4) is 0 Å². The fraction of sp³-hybridized carbons (Fsp3) is 0.438. The number of amides is 1. The first kappa shape index (κ1) is 17.6. The molecule has 10 heteroatoms. The molecule has 0 aliphatic carbocycles. The van der Waals surface area contributed by atoms with Gasteiger partial charge in [0.1, 0.15) is 5.82 Å². The van der Waals surface area contributed by atoms with E-state index < -0.39 is 11.2 Å². The molecule has 0 spiro atoms. The Balaban J connectivity index is 1.83. The molecule has 1 amide bonds. The van der Waals surface area contributed by atoms with Crippen LogP contribution in [0.25, 0.3) is 11.2 Å². The first-order valence-electron chi connectivity index (χ1n) is 8.13. The molecule has 1 N–H and O–H groups in total. The molecular formula is C16H21N7O3. The molecule has 0 aromatic carbocycles. The summed E-state index contributed by atoms with van der Waals surface area (Å²) in [7, 11) is 4.74. The number of aromatic nitrogens is 6. The minimum absolute atomic E-state index is 0.154. The van der Waals surface area contributed by atoms with E-state index in [1.54, 1.807) is 23.3 Å². The molecule has 0 atom stereocenters. The molecule has 3 heterocycles. The smallest absolute Gasteiger partial charge is 0.324 e. The highest BCUT2D eigenvalue weighted by Crippen LogP contribution is 2.17. The third-order valence-corrected chi connectivity index (χ3v) is 4.58. The lowest BCUT2D eigenvalue weighted by Crippen LogP contribution is -2.37. The highest BCUT2D eigenvalue weighted by molar-refractivity contribution is 5.90. The van der Waals surface area contributed by atoms with Crippen molar-refractivity contribution >= 4 is 22.9 Å². The molecule has 0 aliphatic rings. The van der Waals surface area contributed by atoms with Gasteiger partial charge >= 0.3 is 5.69 Å². The van der Waals surface area contributed by atoms with Crippen molar-refractivity contribution in [1.29, 1.82) is 0 Å². The molecule has 26 heavy (non-hydrogen) atoms. The Kier molecular flexibility index (Phi) is 4.26. The van der Waals surface area contributed by atoms with Gasteiger partial charge in [-0.1, -0.05) is 0 Å². The SMILES string of the molecule is Cc1nn(C)c(NC(=O)CCn2cnc3c2c(=O)n(C)c(=O)n3C)c1C. The normalized spacial score (nSPS) is 11.3. The largest absolute Gasteiger partial charge is 0.332 e. The summed E-state index contributed by atoms with van der Waals surface area (Å²) in [5.74, 6) is 0.459. The van der Waals surface area contributed by atoms with E-state index in [-0.39, 0.29) is 18.9 Å². The van der Waals surface area contributed by atoms with Gasteiger partial charge in [-0.15, -0.1) is 0 Å². The average Bonchev–Trinajstić information content (AvgIpc) is 3.13. The van der Waals surface area contributed by atoms with E-state index in [2.05, 4.69) is 15.4 Å². The van der Waals surface area contributed by atoms with Crippen molar-refractivity contribution in [3.05, 3.63) is 38.4 Å². The molecule has 0 bridgehead atoms. The minimum Gasteiger partial charge on any atom is -0.324 e. The number of hydrogen-bond donors (Lipinski definition) is 1. The lowest BCUT2D eigenvalue weighted by atomic mass is 10.2. The first-order valence-corrected chi connectivity index (χ1v) is 8.13. The van der Waals surface area contributed by atoms with Gasteiger partial charge in [-0.05, 0) is 13.8 Å². The predicted molar refractivity (Wildman–Crippen MR) is 96.1 cm³/mol. The summed E-state index contributed by atoms with van der Waals surface area (Å²) in [5, 5.41) is 7.11. The van der Waals surface area contributed by atoms with Crippen LogP contribution in [0.2, 0.25) is 0 Å². The molecule has 3 aromatic heterocycles. The van der Waals surface area contributed by atoms with Gasteiger partial charge < -0.3 is 9.88 Å². The Morgan fingerprint density at radius 1 is 1.15 bits per heavy atom. The Bertz CT molecular complexity index is 1130. The van der Waals surface area contributed by atoms with Crippen molar-refractivity contribution < 1.29 is 4.79 Å². The van der Waals surface area contributed by atoms with Crippen LogP contribution >= 0.6 is 0 Å². The van der Waals surface area contributed by atoms with Gasteiger partial charge in [0.05, 0.1) is 12.0 Å². The van der Waals surface area contributed by atoms with Gasteiger partial charge in [0, 0.05) is 39.7 Å². The van der Waals surface area contributed by atoms with Crippen molar-refractivity contribution in [3.63, 3.8) is 0 Å². The van der Waals surface area contributed by atoms with Crippen molar-refractivity contribution in [2.45, 2.75) is 26.8 Å². The Morgan fingerprint density at radius 3 is 2.46 bits per heavy atom. The average molecular weight is 359 g/mol. The van der Waals surface area contributed by atoms with E-state index in [1.807, 2.05) is 13.8 Å². The molecule has 0 radical (unpaired) electrons. The van der Waals surface area contributed by atoms with Gasteiger partial charge in [-0.25, -0.2) is 9.78 Å². The van der Waals surface area contributed by atoms with Crippen LogP contribution < -0.4 is 16.6 Å². The van der Waals surface area contributed by atoms with Crippen molar-refractivity contribution in [2.75, 3.05) is 5.32 Å². The second-order valence-electron chi connectivity index (χ2n) is 6.30. The summed E-state index contributed by atoms with van der Waals surface area (Å²) in [4.78, 5) is 40.8. The van der Waals surface area contributed by atoms with Crippen LogP contribution in [0.1, 0.15) is 17.7 Å². The number of carbonyl (C=O) groups excluding carboxylic acids is 1. The summed E-state index contributed by atoms with van der Waals surface area (Å²) in [6.07, 6.45) is 1.62. The Hall–Kier alpha value is -3.17. The second-order valence-corrected chi connectivity index (χ2v) is 6.30. The molecular weight excluding hydrogens is 338 g/mol. The Morgan fingerprint density at radius 2 is 1.85 bits per heavy atom. The number of aryl methyl sites for hydroxylation is 4. The summed E-state index contributed by atoms with van der Waals surface area (Å²) >= 11 is 0. The van der Waals surface area contributed by atoms with E-state index in [9.17, 15) is 14.4 Å². The van der Waals surface area contributed by atoms with Crippen molar-refractivity contribution in [1.82, 2.24) is 28.5 Å². The summed E-state index contributed by atoms with van der Waals surface area (Å²) in [6, 6.07) is 0. The van der Waals surface area contributed by atoms with Gasteiger partial charge in [0.25, 0.3) is 5.56 Å². The van der Waals surface area contributed by atoms with Gasteiger partial charge in [-0.3, -0.25) is 23.4 Å². The van der Waals surface area contributed by atoms with Crippen LogP contribution in [0.15, 0.2) is 15.9 Å². The van der Waals surface area contributed by atoms with E-state index in [0.29, 0.717) is 17.0 Å². The molecule has 10 nitrogen and oxygen atoms in total. The number of fused-ring (bicyclic) bond motifs is 1. The zero-order chi connectivity index (χ0) is 19.2. The topological polar surface area (TPSA) is 109 Å². The number of rotatable bonds is 4. The van der Waals surface area contributed by atoms with Gasteiger partial charge in [-0.2, -0.15) is 5.10 Å².